The lowest BCUT2D eigenvalue weighted by Crippen LogP contribution is -2.35. The van der Waals surface area contributed by atoms with Crippen molar-refractivity contribution in [1.82, 2.24) is 0 Å². The fourth-order valence-electron chi connectivity index (χ4n) is 2.00. The molecule has 2 rings (SSSR count). The van der Waals surface area contributed by atoms with Gasteiger partial charge >= 0.3 is 0 Å². The molecular formula is C14H17NO2. The molecular weight excluding hydrogens is 214 g/mol. The Morgan fingerprint density at radius 1 is 1.12 bits per heavy atom. The largest absolute Gasteiger partial charge is 0.401 e. The summed E-state index contributed by atoms with van der Waals surface area (Å²) < 4.78 is 10.7. The molecule has 0 fully saturated rings. The number of hydrogen-bond acceptors (Lipinski definition) is 3. The van der Waals surface area contributed by atoms with Gasteiger partial charge in [-0.1, -0.05) is 36.4 Å². The minimum absolute atomic E-state index is 0.542. The molecule has 3 nitrogen and oxygen atoms in total. The third kappa shape index (κ3) is 2.25. The van der Waals surface area contributed by atoms with E-state index in [-0.39, 0.29) is 0 Å². The van der Waals surface area contributed by atoms with Crippen molar-refractivity contribution in [1.29, 1.82) is 0 Å². The molecule has 1 aliphatic carbocycles. The van der Waals surface area contributed by atoms with Gasteiger partial charge in [-0.2, -0.15) is 0 Å². The van der Waals surface area contributed by atoms with Gasteiger partial charge in [-0.25, -0.2) is 0 Å². The van der Waals surface area contributed by atoms with E-state index in [0.717, 1.165) is 16.8 Å². The van der Waals surface area contributed by atoms with Crippen LogP contribution in [0.5, 0.6) is 0 Å². The highest BCUT2D eigenvalue weighted by molar-refractivity contribution is 5.77. The average Bonchev–Trinajstić information content (AvgIpc) is 2.39. The Bertz CT molecular complexity index is 445. The van der Waals surface area contributed by atoms with E-state index in [4.69, 9.17) is 15.2 Å². The Balaban J connectivity index is 2.32. The molecule has 0 unspecified atom stereocenters. The lowest BCUT2D eigenvalue weighted by atomic mass is 9.93. The van der Waals surface area contributed by atoms with E-state index < -0.39 is 5.79 Å². The van der Waals surface area contributed by atoms with E-state index in [2.05, 4.69) is 0 Å². The van der Waals surface area contributed by atoms with E-state index in [1.54, 1.807) is 14.2 Å². The second kappa shape index (κ2) is 4.73. The molecule has 1 aromatic rings. The average molecular weight is 231 g/mol. The molecule has 0 amide bonds. The quantitative estimate of drug-likeness (QED) is 0.812. The minimum Gasteiger partial charge on any atom is -0.401 e. The fraction of sp³-hybridized carbons (Fsp3) is 0.286. The highest BCUT2D eigenvalue weighted by Gasteiger charge is 2.31. The Hall–Kier alpha value is -1.58. The summed E-state index contributed by atoms with van der Waals surface area (Å²) in [6.45, 7) is 0. The van der Waals surface area contributed by atoms with Crippen LogP contribution in [0.1, 0.15) is 12.0 Å². The van der Waals surface area contributed by atoms with E-state index in [1.807, 2.05) is 42.5 Å². The molecule has 1 aliphatic rings. The van der Waals surface area contributed by atoms with Crippen LogP contribution in [0, 0.1) is 0 Å². The summed E-state index contributed by atoms with van der Waals surface area (Å²) >= 11 is 0. The number of hydrogen-bond donors (Lipinski definition) is 1. The van der Waals surface area contributed by atoms with Crippen molar-refractivity contribution in [2.75, 3.05) is 14.2 Å². The third-order valence-corrected chi connectivity index (χ3v) is 3.06. The molecule has 2 N–H and O–H groups in total. The smallest absolute Gasteiger partial charge is 0.193 e. The standard InChI is InChI=1S/C14H17NO2/c1-16-14(17-2)9-8-12(13(15)10-14)11-6-4-3-5-7-11/h3-9H,10,15H2,1-2H3. The molecule has 0 aliphatic heterocycles. The van der Waals surface area contributed by atoms with Crippen LogP contribution in [0.2, 0.25) is 0 Å². The number of nitrogens with two attached hydrogens (primary N) is 1. The predicted octanol–water partition coefficient (Wildman–Crippen LogP) is 2.31. The number of methoxy groups -OCH3 is 2. The van der Waals surface area contributed by atoms with Gasteiger partial charge in [0.25, 0.3) is 0 Å². The second-order valence-electron chi connectivity index (χ2n) is 4.04. The van der Waals surface area contributed by atoms with E-state index in [9.17, 15) is 0 Å². The van der Waals surface area contributed by atoms with Gasteiger partial charge in [-0.15, -0.1) is 0 Å². The summed E-state index contributed by atoms with van der Waals surface area (Å²) in [5.41, 5.74) is 9.04. The third-order valence-electron chi connectivity index (χ3n) is 3.06. The maximum atomic E-state index is 6.11. The predicted molar refractivity (Wildman–Crippen MR) is 68.1 cm³/mol. The van der Waals surface area contributed by atoms with Crippen molar-refractivity contribution < 1.29 is 9.47 Å². The molecule has 0 spiro atoms. The van der Waals surface area contributed by atoms with Gasteiger partial charge in [0.15, 0.2) is 5.79 Å². The molecule has 0 atom stereocenters. The van der Waals surface area contributed by atoms with Gasteiger partial charge in [-0.05, 0) is 11.6 Å². The van der Waals surface area contributed by atoms with Gasteiger partial charge in [0.05, 0.1) is 0 Å². The summed E-state index contributed by atoms with van der Waals surface area (Å²) in [4.78, 5) is 0. The zero-order valence-corrected chi connectivity index (χ0v) is 10.1. The topological polar surface area (TPSA) is 44.5 Å². The van der Waals surface area contributed by atoms with Crippen LogP contribution < -0.4 is 5.73 Å². The van der Waals surface area contributed by atoms with Gasteiger partial charge in [0.1, 0.15) is 0 Å². The van der Waals surface area contributed by atoms with Crippen LogP contribution >= 0.6 is 0 Å². The molecule has 0 saturated carbocycles. The van der Waals surface area contributed by atoms with Crippen molar-refractivity contribution >= 4 is 5.57 Å². The zero-order valence-electron chi connectivity index (χ0n) is 10.1. The van der Waals surface area contributed by atoms with Gasteiger partial charge < -0.3 is 15.2 Å². The lowest BCUT2D eigenvalue weighted by molar-refractivity contribution is -0.169. The van der Waals surface area contributed by atoms with Gasteiger partial charge in [0.2, 0.25) is 0 Å². The Kier molecular flexibility index (Phi) is 3.31. The molecule has 0 aromatic heterocycles. The van der Waals surface area contributed by atoms with Crippen LogP contribution in [0.4, 0.5) is 0 Å². The van der Waals surface area contributed by atoms with Crippen LogP contribution in [-0.4, -0.2) is 20.0 Å². The highest BCUT2D eigenvalue weighted by atomic mass is 16.7. The Morgan fingerprint density at radius 2 is 1.76 bits per heavy atom. The molecule has 0 saturated heterocycles. The van der Waals surface area contributed by atoms with Crippen molar-refractivity contribution in [3.63, 3.8) is 0 Å². The van der Waals surface area contributed by atoms with Crippen LogP contribution in [-0.2, 0) is 9.47 Å². The first-order chi connectivity index (χ1) is 8.21. The molecule has 0 heterocycles. The van der Waals surface area contributed by atoms with Gasteiger partial charge in [0, 0.05) is 31.9 Å². The molecule has 0 bridgehead atoms. The maximum absolute atomic E-state index is 6.11. The Labute approximate surface area is 102 Å². The van der Waals surface area contributed by atoms with E-state index in [1.165, 1.54) is 0 Å². The SMILES string of the molecule is COC1(OC)C=CC(c2ccccc2)=C(N)C1. The first-order valence-electron chi connectivity index (χ1n) is 5.54. The molecule has 90 valence electrons. The van der Waals surface area contributed by atoms with E-state index >= 15 is 0 Å². The first kappa shape index (κ1) is 11.9. The summed E-state index contributed by atoms with van der Waals surface area (Å²) in [6, 6.07) is 10.1. The zero-order chi connectivity index (χ0) is 12.3. The minimum atomic E-state index is -0.720. The number of rotatable bonds is 3. The van der Waals surface area contributed by atoms with Crippen molar-refractivity contribution in [3.8, 4) is 0 Å². The molecule has 17 heavy (non-hydrogen) atoms. The van der Waals surface area contributed by atoms with Crippen LogP contribution in [0.25, 0.3) is 5.57 Å². The Morgan fingerprint density at radius 3 is 2.29 bits per heavy atom. The second-order valence-corrected chi connectivity index (χ2v) is 4.04. The lowest BCUT2D eigenvalue weighted by Gasteiger charge is -2.31. The van der Waals surface area contributed by atoms with E-state index in [0.29, 0.717) is 6.42 Å². The van der Waals surface area contributed by atoms with Crippen LogP contribution in [0.3, 0.4) is 0 Å². The summed E-state index contributed by atoms with van der Waals surface area (Å²) in [5, 5.41) is 0. The van der Waals surface area contributed by atoms with Gasteiger partial charge in [-0.3, -0.25) is 0 Å². The number of benzene rings is 1. The maximum Gasteiger partial charge on any atom is 0.193 e. The fourth-order valence-corrected chi connectivity index (χ4v) is 2.00. The highest BCUT2D eigenvalue weighted by Crippen LogP contribution is 2.32. The normalized spacial score (nSPS) is 18.5. The molecule has 3 heteroatoms. The summed E-state index contributed by atoms with van der Waals surface area (Å²) in [7, 11) is 3.24. The first-order valence-corrected chi connectivity index (χ1v) is 5.54. The van der Waals surface area contributed by atoms with Crippen molar-refractivity contribution in [2.45, 2.75) is 12.2 Å². The number of ether oxygens (including phenoxy) is 2. The van der Waals surface area contributed by atoms with Crippen LogP contribution in [0.15, 0.2) is 48.2 Å². The van der Waals surface area contributed by atoms with Crippen molar-refractivity contribution in [3.05, 3.63) is 53.7 Å². The molecule has 1 aromatic carbocycles. The molecule has 0 radical (unpaired) electrons. The number of allylic oxidation sites excluding steroid dienone is 2. The summed E-state index contributed by atoms with van der Waals surface area (Å²) in [5.74, 6) is -0.720. The summed E-state index contributed by atoms with van der Waals surface area (Å²) in [6.07, 6.45) is 4.41. The monoisotopic (exact) mass is 231 g/mol. The van der Waals surface area contributed by atoms with Crippen molar-refractivity contribution in [2.24, 2.45) is 5.73 Å².